The van der Waals surface area contributed by atoms with Gasteiger partial charge < -0.3 is 4.74 Å². The van der Waals surface area contributed by atoms with Crippen molar-refractivity contribution in [2.45, 2.75) is 13.5 Å². The fraction of sp³-hybridized carbons (Fsp3) is 0.158. The zero-order valence-corrected chi connectivity index (χ0v) is 12.6. The Labute approximate surface area is 131 Å². The van der Waals surface area contributed by atoms with Gasteiger partial charge in [-0.1, -0.05) is 66.7 Å². The molecule has 0 N–H and O–H groups in total. The van der Waals surface area contributed by atoms with Crippen LogP contribution in [0.4, 0.5) is 0 Å². The van der Waals surface area contributed by atoms with Crippen LogP contribution >= 0.6 is 0 Å². The molecule has 112 valence electrons. The van der Waals surface area contributed by atoms with Crippen LogP contribution in [0, 0.1) is 0 Å². The molecule has 0 saturated heterocycles. The average molecular weight is 293 g/mol. The molecule has 0 aromatic heterocycles. The van der Waals surface area contributed by atoms with Gasteiger partial charge in [0.25, 0.3) is 0 Å². The van der Waals surface area contributed by atoms with Crippen molar-refractivity contribution in [2.24, 2.45) is 4.99 Å². The van der Waals surface area contributed by atoms with Crippen molar-refractivity contribution in [1.82, 2.24) is 0 Å². The van der Waals surface area contributed by atoms with E-state index >= 15 is 0 Å². The molecule has 2 aromatic carbocycles. The van der Waals surface area contributed by atoms with Crippen LogP contribution in [0.1, 0.15) is 18.1 Å². The van der Waals surface area contributed by atoms with E-state index in [1.807, 2.05) is 73.7 Å². The molecular formula is C19H19NO2. The van der Waals surface area contributed by atoms with Crippen LogP contribution in [0.15, 0.2) is 71.2 Å². The summed E-state index contributed by atoms with van der Waals surface area (Å²) in [6.07, 6.45) is 3.70. The van der Waals surface area contributed by atoms with Crippen LogP contribution in [0.3, 0.4) is 0 Å². The molecule has 0 aliphatic rings. The van der Waals surface area contributed by atoms with Crippen LogP contribution in [0.5, 0.6) is 0 Å². The zero-order valence-electron chi connectivity index (χ0n) is 12.6. The van der Waals surface area contributed by atoms with Gasteiger partial charge in [0.05, 0.1) is 0 Å². The SMILES string of the molecule is C/C(C=NCC(=O)OCc1ccccc1)=C\c1ccccc1. The molecular weight excluding hydrogens is 274 g/mol. The van der Waals surface area contributed by atoms with E-state index in [4.69, 9.17) is 4.74 Å². The Balaban J connectivity index is 1.77. The molecule has 0 atom stereocenters. The smallest absolute Gasteiger partial charge is 0.328 e. The van der Waals surface area contributed by atoms with Crippen molar-refractivity contribution in [1.29, 1.82) is 0 Å². The first kappa shape index (κ1) is 15.7. The number of hydrogen-bond acceptors (Lipinski definition) is 3. The molecule has 0 spiro atoms. The van der Waals surface area contributed by atoms with Gasteiger partial charge in [-0.3, -0.25) is 9.79 Å². The molecule has 0 bridgehead atoms. The maximum Gasteiger partial charge on any atom is 0.328 e. The molecule has 3 nitrogen and oxygen atoms in total. The Kier molecular flexibility index (Phi) is 6.12. The van der Waals surface area contributed by atoms with Gasteiger partial charge in [0.1, 0.15) is 13.2 Å². The molecule has 3 heteroatoms. The van der Waals surface area contributed by atoms with Crippen molar-refractivity contribution >= 4 is 18.3 Å². The molecule has 0 aliphatic carbocycles. The van der Waals surface area contributed by atoms with Gasteiger partial charge in [0.15, 0.2) is 0 Å². The molecule has 0 heterocycles. The minimum Gasteiger partial charge on any atom is -0.459 e. The number of aliphatic imine (C=N–C) groups is 1. The van der Waals surface area contributed by atoms with E-state index in [-0.39, 0.29) is 19.1 Å². The van der Waals surface area contributed by atoms with E-state index in [1.54, 1.807) is 6.21 Å². The van der Waals surface area contributed by atoms with E-state index in [0.717, 1.165) is 16.7 Å². The molecule has 0 radical (unpaired) electrons. The molecule has 0 fully saturated rings. The van der Waals surface area contributed by atoms with Crippen molar-refractivity contribution in [2.75, 3.05) is 6.54 Å². The second-order valence-electron chi connectivity index (χ2n) is 4.92. The normalized spacial score (nSPS) is 11.6. The lowest BCUT2D eigenvalue weighted by atomic mass is 10.1. The Morgan fingerprint density at radius 1 is 1.05 bits per heavy atom. The molecule has 0 saturated carbocycles. The largest absolute Gasteiger partial charge is 0.459 e. The van der Waals surface area contributed by atoms with Gasteiger partial charge in [-0.2, -0.15) is 0 Å². The lowest BCUT2D eigenvalue weighted by molar-refractivity contribution is -0.143. The van der Waals surface area contributed by atoms with Crippen LogP contribution in [-0.4, -0.2) is 18.7 Å². The Morgan fingerprint density at radius 2 is 1.68 bits per heavy atom. The van der Waals surface area contributed by atoms with E-state index < -0.39 is 0 Å². The molecule has 22 heavy (non-hydrogen) atoms. The number of carbonyl (C=O) groups excluding carboxylic acids is 1. The quantitative estimate of drug-likeness (QED) is 0.598. The number of nitrogens with zero attached hydrogens (tertiary/aromatic N) is 1. The summed E-state index contributed by atoms with van der Waals surface area (Å²) in [6.45, 7) is 2.27. The van der Waals surface area contributed by atoms with E-state index in [9.17, 15) is 4.79 Å². The monoisotopic (exact) mass is 293 g/mol. The first-order chi connectivity index (χ1) is 10.7. The third-order valence-corrected chi connectivity index (χ3v) is 2.95. The second-order valence-corrected chi connectivity index (χ2v) is 4.92. The minimum atomic E-state index is -0.326. The number of rotatable bonds is 6. The lowest BCUT2D eigenvalue weighted by Crippen LogP contribution is -2.08. The Morgan fingerprint density at radius 3 is 2.36 bits per heavy atom. The van der Waals surface area contributed by atoms with Gasteiger partial charge in [0, 0.05) is 6.21 Å². The van der Waals surface area contributed by atoms with Crippen molar-refractivity contribution in [3.63, 3.8) is 0 Å². The highest BCUT2D eigenvalue weighted by Crippen LogP contribution is 2.04. The molecule has 0 amide bonds. The summed E-state index contributed by atoms with van der Waals surface area (Å²) in [7, 11) is 0. The van der Waals surface area contributed by atoms with Crippen LogP contribution in [0.25, 0.3) is 6.08 Å². The second kappa shape index (κ2) is 8.57. The Hall–Kier alpha value is -2.68. The van der Waals surface area contributed by atoms with Gasteiger partial charge in [-0.25, -0.2) is 0 Å². The fourth-order valence-electron chi connectivity index (χ4n) is 1.90. The standard InChI is InChI=1S/C19H19NO2/c1-16(12-17-8-4-2-5-9-17)13-20-14-19(21)22-15-18-10-6-3-7-11-18/h2-13H,14-15H2,1H3/b16-12+,20-13?. The Bertz CT molecular complexity index is 646. The van der Waals surface area contributed by atoms with Gasteiger partial charge in [0.2, 0.25) is 0 Å². The van der Waals surface area contributed by atoms with Gasteiger partial charge in [-0.05, 0) is 23.6 Å². The zero-order chi connectivity index (χ0) is 15.6. The molecule has 2 aromatic rings. The lowest BCUT2D eigenvalue weighted by Gasteiger charge is -2.02. The molecule has 0 unspecified atom stereocenters. The minimum absolute atomic E-state index is 0.0345. The van der Waals surface area contributed by atoms with Crippen LogP contribution < -0.4 is 0 Å². The third kappa shape index (κ3) is 5.75. The summed E-state index contributed by atoms with van der Waals surface area (Å²) in [4.78, 5) is 15.7. The first-order valence-corrected chi connectivity index (χ1v) is 7.17. The van der Waals surface area contributed by atoms with E-state index in [2.05, 4.69) is 4.99 Å². The number of ether oxygens (including phenoxy) is 1. The predicted molar refractivity (Wildman–Crippen MR) is 89.7 cm³/mol. The maximum atomic E-state index is 11.6. The van der Waals surface area contributed by atoms with Gasteiger partial charge >= 0.3 is 5.97 Å². The summed E-state index contributed by atoms with van der Waals surface area (Å²) < 4.78 is 5.16. The average Bonchev–Trinajstić information content (AvgIpc) is 2.55. The summed E-state index contributed by atoms with van der Waals surface area (Å²) >= 11 is 0. The van der Waals surface area contributed by atoms with Crippen LogP contribution in [-0.2, 0) is 16.1 Å². The third-order valence-electron chi connectivity index (χ3n) is 2.95. The summed E-state index contributed by atoms with van der Waals surface area (Å²) in [6, 6.07) is 19.6. The number of benzene rings is 2. The molecule has 2 rings (SSSR count). The number of allylic oxidation sites excluding steroid dienone is 1. The highest BCUT2D eigenvalue weighted by molar-refractivity contribution is 5.86. The summed E-state index contributed by atoms with van der Waals surface area (Å²) in [5.41, 5.74) is 3.07. The highest BCUT2D eigenvalue weighted by Gasteiger charge is 2.00. The summed E-state index contributed by atoms with van der Waals surface area (Å²) in [5, 5.41) is 0. The van der Waals surface area contributed by atoms with Crippen LogP contribution in [0.2, 0.25) is 0 Å². The highest BCUT2D eigenvalue weighted by atomic mass is 16.5. The van der Waals surface area contributed by atoms with Crippen molar-refractivity contribution < 1.29 is 9.53 Å². The maximum absolute atomic E-state index is 11.6. The number of esters is 1. The number of hydrogen-bond donors (Lipinski definition) is 0. The van der Waals surface area contributed by atoms with Crippen molar-refractivity contribution in [3.8, 4) is 0 Å². The van der Waals surface area contributed by atoms with Gasteiger partial charge in [-0.15, -0.1) is 0 Å². The first-order valence-electron chi connectivity index (χ1n) is 7.17. The predicted octanol–water partition coefficient (Wildman–Crippen LogP) is 3.90. The number of carbonyl (C=O) groups is 1. The topological polar surface area (TPSA) is 38.7 Å². The van der Waals surface area contributed by atoms with Crippen molar-refractivity contribution in [3.05, 3.63) is 77.4 Å². The van der Waals surface area contributed by atoms with E-state index in [0.29, 0.717) is 0 Å². The summed E-state index contributed by atoms with van der Waals surface area (Å²) in [5.74, 6) is -0.326. The molecule has 0 aliphatic heterocycles. The van der Waals surface area contributed by atoms with E-state index in [1.165, 1.54) is 0 Å². The fourth-order valence-corrected chi connectivity index (χ4v) is 1.90.